The predicted molar refractivity (Wildman–Crippen MR) is 93.1 cm³/mol. The van der Waals surface area contributed by atoms with Crippen molar-refractivity contribution in [3.05, 3.63) is 75.1 Å². The summed E-state index contributed by atoms with van der Waals surface area (Å²) in [6.07, 6.45) is 2.44. The Morgan fingerprint density at radius 3 is 2.54 bits per heavy atom. The van der Waals surface area contributed by atoms with E-state index in [9.17, 15) is 24.1 Å². The van der Waals surface area contributed by atoms with E-state index in [0.29, 0.717) is 5.56 Å². The number of nitro benzene ring substituents is 1. The van der Waals surface area contributed by atoms with Gasteiger partial charge in [0.05, 0.1) is 10.6 Å². The zero-order valence-electron chi connectivity index (χ0n) is 13.1. The predicted octanol–water partition coefficient (Wildman–Crippen LogP) is 3.58. The molecule has 9 heteroatoms. The number of anilines is 1. The van der Waals surface area contributed by atoms with E-state index in [0.717, 1.165) is 12.1 Å². The lowest BCUT2D eigenvalue weighted by molar-refractivity contribution is -0.384. The molecule has 0 atom stereocenters. The van der Waals surface area contributed by atoms with Crippen molar-refractivity contribution in [2.45, 2.75) is 0 Å². The molecule has 26 heavy (non-hydrogen) atoms. The summed E-state index contributed by atoms with van der Waals surface area (Å²) in [5.41, 5.74) is 0.382. The van der Waals surface area contributed by atoms with E-state index >= 15 is 0 Å². The van der Waals surface area contributed by atoms with E-state index in [-0.39, 0.29) is 16.4 Å². The second kappa shape index (κ2) is 8.72. The van der Waals surface area contributed by atoms with Gasteiger partial charge in [0.2, 0.25) is 0 Å². The normalized spacial score (nSPS) is 10.5. The molecular weight excluding hydrogens is 367 g/mol. The van der Waals surface area contributed by atoms with E-state index in [1.165, 1.54) is 42.5 Å². The molecule has 0 bridgehead atoms. The molecule has 2 aromatic carbocycles. The molecule has 7 nitrogen and oxygen atoms in total. The van der Waals surface area contributed by atoms with Crippen LogP contribution in [0, 0.1) is 15.9 Å². The van der Waals surface area contributed by atoms with Gasteiger partial charge >= 0.3 is 5.97 Å². The van der Waals surface area contributed by atoms with Crippen LogP contribution in [0.4, 0.5) is 15.8 Å². The highest BCUT2D eigenvalue weighted by Crippen LogP contribution is 2.18. The summed E-state index contributed by atoms with van der Waals surface area (Å²) in [7, 11) is 0. The molecule has 1 N–H and O–H groups in total. The van der Waals surface area contributed by atoms with Gasteiger partial charge in [-0.15, -0.1) is 0 Å². The zero-order chi connectivity index (χ0) is 19.1. The summed E-state index contributed by atoms with van der Waals surface area (Å²) in [6, 6.07) is 9.22. The molecule has 1 amide bonds. The summed E-state index contributed by atoms with van der Waals surface area (Å²) in [5, 5.41) is 13.0. The fourth-order valence-corrected chi connectivity index (χ4v) is 1.99. The van der Waals surface area contributed by atoms with Gasteiger partial charge < -0.3 is 10.1 Å². The van der Waals surface area contributed by atoms with Gasteiger partial charge in [-0.05, 0) is 42.0 Å². The number of nitro groups is 1. The highest BCUT2D eigenvalue weighted by atomic mass is 35.5. The number of esters is 1. The van der Waals surface area contributed by atoms with E-state index in [1.54, 1.807) is 0 Å². The number of carbonyl (C=O) groups is 2. The van der Waals surface area contributed by atoms with Gasteiger partial charge in [0.15, 0.2) is 6.61 Å². The number of rotatable bonds is 6. The van der Waals surface area contributed by atoms with Gasteiger partial charge in [0.25, 0.3) is 11.6 Å². The Hall–Kier alpha value is -3.26. The number of ether oxygens (including phenoxy) is 1. The lowest BCUT2D eigenvalue weighted by atomic mass is 10.2. The maximum atomic E-state index is 13.5. The lowest BCUT2D eigenvalue weighted by Crippen LogP contribution is -2.20. The van der Waals surface area contributed by atoms with Crippen LogP contribution in [0.1, 0.15) is 5.56 Å². The van der Waals surface area contributed by atoms with E-state index < -0.39 is 29.2 Å². The van der Waals surface area contributed by atoms with Crippen LogP contribution in [-0.4, -0.2) is 23.4 Å². The monoisotopic (exact) mass is 378 g/mol. The maximum Gasteiger partial charge on any atom is 0.331 e. The van der Waals surface area contributed by atoms with E-state index in [1.807, 2.05) is 0 Å². The molecule has 2 aromatic rings. The molecule has 2 rings (SSSR count). The fraction of sp³-hybridized carbons (Fsp3) is 0.0588. The first-order chi connectivity index (χ1) is 12.3. The van der Waals surface area contributed by atoms with Crippen LogP contribution < -0.4 is 5.32 Å². The van der Waals surface area contributed by atoms with E-state index in [4.69, 9.17) is 16.3 Å². The van der Waals surface area contributed by atoms with Crippen molar-refractivity contribution in [2.75, 3.05) is 11.9 Å². The van der Waals surface area contributed by atoms with Gasteiger partial charge in [0, 0.05) is 23.2 Å². The fourth-order valence-electron chi connectivity index (χ4n) is 1.83. The summed E-state index contributed by atoms with van der Waals surface area (Å²) in [4.78, 5) is 33.2. The third-order valence-electron chi connectivity index (χ3n) is 3.07. The molecule has 0 aromatic heterocycles. The van der Waals surface area contributed by atoms with Crippen molar-refractivity contribution in [3.8, 4) is 0 Å². The molecule has 0 unspecified atom stereocenters. The molecule has 134 valence electrons. The van der Waals surface area contributed by atoms with Crippen molar-refractivity contribution in [1.29, 1.82) is 0 Å². The Morgan fingerprint density at radius 1 is 1.23 bits per heavy atom. The van der Waals surface area contributed by atoms with Crippen LogP contribution in [0.15, 0.2) is 48.5 Å². The number of nitrogens with zero attached hydrogens (tertiary/aromatic N) is 1. The molecule has 0 aliphatic rings. The van der Waals surface area contributed by atoms with Crippen LogP contribution in [0.3, 0.4) is 0 Å². The summed E-state index contributed by atoms with van der Waals surface area (Å²) >= 11 is 5.60. The topological polar surface area (TPSA) is 98.5 Å². The number of benzene rings is 2. The third kappa shape index (κ3) is 5.67. The smallest absolute Gasteiger partial charge is 0.331 e. The van der Waals surface area contributed by atoms with Crippen LogP contribution in [0.2, 0.25) is 5.02 Å². The van der Waals surface area contributed by atoms with Crippen LogP contribution in [0.25, 0.3) is 6.08 Å². The minimum Gasteiger partial charge on any atom is -0.452 e. The number of carbonyl (C=O) groups excluding carboxylic acids is 2. The molecule has 0 saturated carbocycles. The van der Waals surface area contributed by atoms with E-state index in [2.05, 4.69) is 5.32 Å². The maximum absolute atomic E-state index is 13.5. The molecule has 0 saturated heterocycles. The number of hydrogen-bond acceptors (Lipinski definition) is 5. The average Bonchev–Trinajstić information content (AvgIpc) is 2.61. The molecule has 0 aliphatic heterocycles. The third-order valence-corrected chi connectivity index (χ3v) is 3.30. The minimum absolute atomic E-state index is 0.0733. The average molecular weight is 379 g/mol. The van der Waals surface area contributed by atoms with Crippen molar-refractivity contribution in [2.24, 2.45) is 0 Å². The second-order valence-electron chi connectivity index (χ2n) is 4.96. The molecule has 0 radical (unpaired) electrons. The van der Waals surface area contributed by atoms with Crippen molar-refractivity contribution >= 4 is 40.9 Å². The number of hydrogen-bond donors (Lipinski definition) is 1. The van der Waals surface area contributed by atoms with Crippen LogP contribution in [-0.2, 0) is 14.3 Å². The molecule has 0 spiro atoms. The van der Waals surface area contributed by atoms with Crippen LogP contribution in [0.5, 0.6) is 0 Å². The Morgan fingerprint density at radius 2 is 1.92 bits per heavy atom. The highest BCUT2D eigenvalue weighted by molar-refractivity contribution is 6.30. The zero-order valence-corrected chi connectivity index (χ0v) is 13.9. The number of non-ortho nitro benzene ring substituents is 1. The first-order valence-electron chi connectivity index (χ1n) is 7.19. The quantitative estimate of drug-likeness (QED) is 0.358. The standard InChI is InChI=1S/C17H12ClFN2O5/c18-12-4-7-15(14(19)9-12)20-16(22)10-26-17(23)8-3-11-1-5-13(6-2-11)21(24)25/h1-9H,10H2,(H,20,22)/b8-3+. The SMILES string of the molecule is O=C(COC(=O)/C=C/c1ccc([N+](=O)[O-])cc1)Nc1ccc(Cl)cc1F. The van der Waals surface area contributed by atoms with Gasteiger partial charge in [-0.1, -0.05) is 11.6 Å². The Balaban J connectivity index is 1.83. The van der Waals surface area contributed by atoms with Gasteiger partial charge in [-0.25, -0.2) is 9.18 Å². The number of amides is 1. The van der Waals surface area contributed by atoms with Crippen molar-refractivity contribution in [1.82, 2.24) is 0 Å². The first-order valence-corrected chi connectivity index (χ1v) is 7.57. The van der Waals surface area contributed by atoms with Crippen LogP contribution >= 0.6 is 11.6 Å². The van der Waals surface area contributed by atoms with Gasteiger partial charge in [0.1, 0.15) is 5.82 Å². The molecular formula is C17H12ClFN2O5. The molecule has 0 fully saturated rings. The molecule has 0 aliphatic carbocycles. The summed E-state index contributed by atoms with van der Waals surface area (Å²) in [5.74, 6) is -2.23. The first kappa shape index (κ1) is 19.1. The highest BCUT2D eigenvalue weighted by Gasteiger charge is 2.09. The summed E-state index contributed by atoms with van der Waals surface area (Å²) < 4.78 is 18.3. The van der Waals surface area contributed by atoms with Crippen molar-refractivity contribution < 1.29 is 23.6 Å². The lowest BCUT2D eigenvalue weighted by Gasteiger charge is -2.06. The Labute approximate surface area is 152 Å². The minimum atomic E-state index is -0.796. The Bertz CT molecular complexity index is 868. The number of nitrogens with one attached hydrogen (secondary N) is 1. The van der Waals surface area contributed by atoms with Crippen molar-refractivity contribution in [3.63, 3.8) is 0 Å². The largest absolute Gasteiger partial charge is 0.452 e. The number of halogens is 2. The molecule has 0 heterocycles. The Kier molecular flexibility index (Phi) is 6.40. The summed E-state index contributed by atoms with van der Waals surface area (Å²) in [6.45, 7) is -0.606. The van der Waals surface area contributed by atoms with Gasteiger partial charge in [-0.2, -0.15) is 0 Å². The van der Waals surface area contributed by atoms with Gasteiger partial charge in [-0.3, -0.25) is 14.9 Å². The second-order valence-corrected chi connectivity index (χ2v) is 5.40.